The van der Waals surface area contributed by atoms with Gasteiger partial charge in [-0.25, -0.2) is 0 Å². The molecule has 0 radical (unpaired) electrons. The zero-order chi connectivity index (χ0) is 13.2. The number of ether oxygens (including phenoxy) is 2. The smallest absolute Gasteiger partial charge is 0.0600 e. The lowest BCUT2D eigenvalue weighted by Gasteiger charge is -2.31. The highest BCUT2D eigenvalue weighted by molar-refractivity contribution is 4.72. The summed E-state index contributed by atoms with van der Waals surface area (Å²) in [4.78, 5) is 2.46. The average molecular weight is 258 g/mol. The number of methoxy groups -OCH3 is 1. The predicted octanol–water partition coefficient (Wildman–Crippen LogP) is 1.36. The van der Waals surface area contributed by atoms with Gasteiger partial charge in [0.05, 0.1) is 19.3 Å². The van der Waals surface area contributed by atoms with Gasteiger partial charge >= 0.3 is 0 Å². The van der Waals surface area contributed by atoms with Crippen LogP contribution in [0.25, 0.3) is 0 Å². The maximum absolute atomic E-state index is 5.90. The van der Waals surface area contributed by atoms with Crippen LogP contribution in [0.5, 0.6) is 0 Å². The van der Waals surface area contributed by atoms with Crippen LogP contribution in [0.3, 0.4) is 0 Å². The number of rotatable bonds is 9. The van der Waals surface area contributed by atoms with Crippen molar-refractivity contribution in [2.45, 2.75) is 32.8 Å². The highest BCUT2D eigenvalue weighted by Crippen LogP contribution is 2.12. The molecule has 1 aliphatic rings. The van der Waals surface area contributed by atoms with Crippen LogP contribution in [0.2, 0.25) is 0 Å². The highest BCUT2D eigenvalue weighted by atomic mass is 16.5. The molecule has 0 saturated carbocycles. The lowest BCUT2D eigenvalue weighted by molar-refractivity contribution is 0.00464. The van der Waals surface area contributed by atoms with Gasteiger partial charge in [-0.2, -0.15) is 0 Å². The fourth-order valence-corrected chi connectivity index (χ4v) is 2.21. The van der Waals surface area contributed by atoms with Gasteiger partial charge in [0.1, 0.15) is 0 Å². The zero-order valence-corrected chi connectivity index (χ0v) is 12.3. The van der Waals surface area contributed by atoms with Crippen molar-refractivity contribution in [1.82, 2.24) is 10.2 Å². The highest BCUT2D eigenvalue weighted by Gasteiger charge is 2.18. The van der Waals surface area contributed by atoms with Crippen molar-refractivity contribution < 1.29 is 9.47 Å². The summed E-state index contributed by atoms with van der Waals surface area (Å²) in [7, 11) is 1.76. The molecule has 4 nitrogen and oxygen atoms in total. The third-order valence-electron chi connectivity index (χ3n) is 3.33. The van der Waals surface area contributed by atoms with E-state index in [1.165, 1.54) is 0 Å². The predicted molar refractivity (Wildman–Crippen MR) is 75.0 cm³/mol. The first-order chi connectivity index (χ1) is 8.72. The van der Waals surface area contributed by atoms with E-state index in [9.17, 15) is 0 Å². The SMILES string of the molecule is COCCN1CCC(OCCNCC(C)C)CC1. The molecule has 0 aromatic heterocycles. The Morgan fingerprint density at radius 2 is 1.94 bits per heavy atom. The topological polar surface area (TPSA) is 33.7 Å². The van der Waals surface area contributed by atoms with Crippen molar-refractivity contribution in [1.29, 1.82) is 0 Å². The van der Waals surface area contributed by atoms with E-state index in [-0.39, 0.29) is 0 Å². The van der Waals surface area contributed by atoms with Gasteiger partial charge in [0.15, 0.2) is 0 Å². The van der Waals surface area contributed by atoms with Crippen LogP contribution in [0, 0.1) is 5.92 Å². The molecule has 18 heavy (non-hydrogen) atoms. The summed E-state index contributed by atoms with van der Waals surface area (Å²) >= 11 is 0. The molecule has 1 heterocycles. The minimum Gasteiger partial charge on any atom is -0.383 e. The Morgan fingerprint density at radius 3 is 2.56 bits per heavy atom. The van der Waals surface area contributed by atoms with Gasteiger partial charge in [0, 0.05) is 33.3 Å². The first-order valence-electron chi connectivity index (χ1n) is 7.26. The maximum Gasteiger partial charge on any atom is 0.0600 e. The second-order valence-electron chi connectivity index (χ2n) is 5.50. The van der Waals surface area contributed by atoms with E-state index in [4.69, 9.17) is 9.47 Å². The summed E-state index contributed by atoms with van der Waals surface area (Å²) in [5.74, 6) is 0.717. The van der Waals surface area contributed by atoms with Gasteiger partial charge in [-0.15, -0.1) is 0 Å². The Bertz CT molecular complexity index is 192. The molecule has 1 aliphatic heterocycles. The average Bonchev–Trinajstić information content (AvgIpc) is 2.37. The molecule has 1 N–H and O–H groups in total. The third-order valence-corrected chi connectivity index (χ3v) is 3.33. The maximum atomic E-state index is 5.90. The molecule has 0 atom stereocenters. The van der Waals surface area contributed by atoms with Crippen LogP contribution in [0.15, 0.2) is 0 Å². The van der Waals surface area contributed by atoms with Crippen molar-refractivity contribution in [2.75, 3.05) is 53.0 Å². The molecular weight excluding hydrogens is 228 g/mol. The van der Waals surface area contributed by atoms with Crippen LogP contribution in [0.4, 0.5) is 0 Å². The van der Waals surface area contributed by atoms with Gasteiger partial charge in [0.25, 0.3) is 0 Å². The normalized spacial score (nSPS) is 18.7. The molecule has 0 aromatic rings. The Balaban J connectivity index is 1.95. The summed E-state index contributed by atoms with van der Waals surface area (Å²) in [5.41, 5.74) is 0. The summed E-state index contributed by atoms with van der Waals surface area (Å²) < 4.78 is 11.0. The monoisotopic (exact) mass is 258 g/mol. The molecule has 0 aromatic carbocycles. The first-order valence-corrected chi connectivity index (χ1v) is 7.26. The van der Waals surface area contributed by atoms with E-state index >= 15 is 0 Å². The van der Waals surface area contributed by atoms with Crippen LogP contribution in [-0.4, -0.2) is 64.1 Å². The van der Waals surface area contributed by atoms with Gasteiger partial charge < -0.3 is 19.7 Å². The fourth-order valence-electron chi connectivity index (χ4n) is 2.21. The summed E-state index contributed by atoms with van der Waals surface area (Å²) in [6.45, 7) is 11.5. The van der Waals surface area contributed by atoms with Gasteiger partial charge in [0.2, 0.25) is 0 Å². The van der Waals surface area contributed by atoms with Gasteiger partial charge in [-0.1, -0.05) is 13.8 Å². The lowest BCUT2D eigenvalue weighted by atomic mass is 10.1. The fraction of sp³-hybridized carbons (Fsp3) is 1.00. The summed E-state index contributed by atoms with van der Waals surface area (Å²) in [5, 5.41) is 3.41. The minimum atomic E-state index is 0.463. The molecule has 4 heteroatoms. The molecule has 0 unspecified atom stereocenters. The first kappa shape index (κ1) is 15.9. The second-order valence-corrected chi connectivity index (χ2v) is 5.50. The van der Waals surface area contributed by atoms with E-state index in [0.717, 1.165) is 58.8 Å². The molecule has 0 spiro atoms. The Hall–Kier alpha value is -0.160. The molecule has 108 valence electrons. The quantitative estimate of drug-likeness (QED) is 0.633. The Morgan fingerprint density at radius 1 is 1.22 bits per heavy atom. The van der Waals surface area contributed by atoms with Crippen LogP contribution in [0.1, 0.15) is 26.7 Å². The Kier molecular flexibility index (Phi) is 8.59. The van der Waals surface area contributed by atoms with Crippen molar-refractivity contribution in [3.8, 4) is 0 Å². The van der Waals surface area contributed by atoms with Gasteiger partial charge in [-0.3, -0.25) is 0 Å². The van der Waals surface area contributed by atoms with E-state index < -0.39 is 0 Å². The standard InChI is InChI=1S/C14H30N2O2/c1-13(2)12-15-6-10-18-14-4-7-16(8-5-14)9-11-17-3/h13-15H,4-12H2,1-3H3. The molecule has 0 aliphatic carbocycles. The molecule has 1 saturated heterocycles. The molecule has 1 fully saturated rings. The zero-order valence-electron chi connectivity index (χ0n) is 12.3. The lowest BCUT2D eigenvalue weighted by Crippen LogP contribution is -2.39. The second kappa shape index (κ2) is 9.73. The number of piperidine rings is 1. The number of nitrogens with zero attached hydrogens (tertiary/aromatic N) is 1. The molecule has 0 amide bonds. The van der Waals surface area contributed by atoms with Crippen molar-refractivity contribution >= 4 is 0 Å². The van der Waals surface area contributed by atoms with E-state index in [0.29, 0.717) is 12.0 Å². The number of nitrogens with one attached hydrogen (secondary N) is 1. The van der Waals surface area contributed by atoms with E-state index in [1.54, 1.807) is 7.11 Å². The van der Waals surface area contributed by atoms with Crippen molar-refractivity contribution in [2.24, 2.45) is 5.92 Å². The van der Waals surface area contributed by atoms with E-state index in [1.807, 2.05) is 0 Å². The van der Waals surface area contributed by atoms with Gasteiger partial charge in [-0.05, 0) is 25.3 Å². The third kappa shape index (κ3) is 7.31. The van der Waals surface area contributed by atoms with Crippen LogP contribution >= 0.6 is 0 Å². The molecule has 1 rings (SSSR count). The summed E-state index contributed by atoms with van der Waals surface area (Å²) in [6.07, 6.45) is 2.78. The number of hydrogen-bond acceptors (Lipinski definition) is 4. The van der Waals surface area contributed by atoms with Crippen LogP contribution < -0.4 is 5.32 Å². The van der Waals surface area contributed by atoms with Crippen molar-refractivity contribution in [3.63, 3.8) is 0 Å². The molecular formula is C14H30N2O2. The largest absolute Gasteiger partial charge is 0.383 e. The number of likely N-dealkylation sites (tertiary alicyclic amines) is 1. The summed E-state index contributed by atoms with van der Waals surface area (Å²) in [6, 6.07) is 0. The van der Waals surface area contributed by atoms with Crippen LogP contribution in [-0.2, 0) is 9.47 Å². The Labute approximate surface area is 112 Å². The number of hydrogen-bond donors (Lipinski definition) is 1. The minimum absolute atomic E-state index is 0.463. The van der Waals surface area contributed by atoms with E-state index in [2.05, 4.69) is 24.1 Å². The van der Waals surface area contributed by atoms with Crippen molar-refractivity contribution in [3.05, 3.63) is 0 Å². The molecule has 0 bridgehead atoms.